The molecule has 0 aliphatic heterocycles. The van der Waals surface area contributed by atoms with Crippen molar-refractivity contribution in [3.05, 3.63) is 187 Å². The van der Waals surface area contributed by atoms with E-state index in [1.807, 2.05) is 11.3 Å². The van der Waals surface area contributed by atoms with Gasteiger partial charge in [-0.2, -0.15) is 0 Å². The highest BCUT2D eigenvalue weighted by Crippen LogP contribution is 2.52. The second-order valence-electron chi connectivity index (χ2n) is 14.1. The zero-order valence-corrected chi connectivity index (χ0v) is 29.4. The summed E-state index contributed by atoms with van der Waals surface area (Å²) < 4.78 is 2.62. The van der Waals surface area contributed by atoms with Gasteiger partial charge in [-0.1, -0.05) is 153 Å². The molecule has 0 fully saturated rings. The van der Waals surface area contributed by atoms with Crippen LogP contribution in [0.2, 0.25) is 0 Å². The van der Waals surface area contributed by atoms with E-state index in [1.54, 1.807) is 0 Å². The molecule has 10 rings (SSSR count). The minimum Gasteiger partial charge on any atom is -0.310 e. The van der Waals surface area contributed by atoms with E-state index in [0.29, 0.717) is 0 Å². The van der Waals surface area contributed by atoms with Gasteiger partial charge in [0.15, 0.2) is 0 Å². The van der Waals surface area contributed by atoms with Gasteiger partial charge < -0.3 is 4.90 Å². The number of anilines is 3. The Kier molecular flexibility index (Phi) is 6.78. The lowest BCUT2D eigenvalue weighted by atomic mass is 9.82. The molecule has 0 atom stereocenters. The molecule has 242 valence electrons. The molecule has 8 aromatic carbocycles. The average molecular weight is 670 g/mol. The number of thiophene rings is 1. The summed E-state index contributed by atoms with van der Waals surface area (Å²) in [7, 11) is 0. The second kappa shape index (κ2) is 11.6. The van der Waals surface area contributed by atoms with Gasteiger partial charge in [0, 0.05) is 47.9 Å². The highest BCUT2D eigenvalue weighted by Gasteiger charge is 2.36. The topological polar surface area (TPSA) is 3.24 Å². The third-order valence-electron chi connectivity index (χ3n) is 10.9. The van der Waals surface area contributed by atoms with Gasteiger partial charge in [-0.3, -0.25) is 0 Å². The number of hydrogen-bond donors (Lipinski definition) is 0. The van der Waals surface area contributed by atoms with Gasteiger partial charge in [-0.05, 0) is 80.7 Å². The first-order chi connectivity index (χ1) is 25.1. The van der Waals surface area contributed by atoms with Gasteiger partial charge in [-0.15, -0.1) is 11.3 Å². The highest BCUT2D eigenvalue weighted by molar-refractivity contribution is 7.26. The maximum absolute atomic E-state index is 2.47. The molecule has 0 spiro atoms. The van der Waals surface area contributed by atoms with Crippen molar-refractivity contribution in [3.8, 4) is 33.4 Å². The fraction of sp³-hybridized carbons (Fsp3) is 0.0612. The Hall–Kier alpha value is -5.96. The summed E-state index contributed by atoms with van der Waals surface area (Å²) in [6, 6.07) is 64.7. The van der Waals surface area contributed by atoms with Crippen molar-refractivity contribution in [2.75, 3.05) is 4.90 Å². The number of para-hydroxylation sites is 1. The van der Waals surface area contributed by atoms with Crippen LogP contribution in [0.25, 0.3) is 64.3 Å². The Morgan fingerprint density at radius 3 is 1.78 bits per heavy atom. The molecular formula is C49H35NS. The van der Waals surface area contributed by atoms with E-state index >= 15 is 0 Å². The summed E-state index contributed by atoms with van der Waals surface area (Å²) in [5.41, 5.74) is 13.7. The second-order valence-corrected chi connectivity index (χ2v) is 15.2. The zero-order chi connectivity index (χ0) is 34.1. The molecule has 1 aliphatic rings. The number of rotatable bonds is 5. The van der Waals surface area contributed by atoms with E-state index in [-0.39, 0.29) is 5.41 Å². The third-order valence-corrected chi connectivity index (χ3v) is 12.1. The molecule has 0 saturated carbocycles. The lowest BCUT2D eigenvalue weighted by Crippen LogP contribution is -2.16. The highest BCUT2D eigenvalue weighted by atomic mass is 32.1. The molecular weight excluding hydrogens is 635 g/mol. The molecule has 1 nitrogen and oxygen atoms in total. The van der Waals surface area contributed by atoms with Crippen molar-refractivity contribution in [1.82, 2.24) is 0 Å². The summed E-state index contributed by atoms with van der Waals surface area (Å²) in [5.74, 6) is 0. The molecule has 0 unspecified atom stereocenters. The van der Waals surface area contributed by atoms with Crippen LogP contribution in [0, 0.1) is 0 Å². The molecule has 9 aromatic rings. The summed E-state index contributed by atoms with van der Waals surface area (Å²) >= 11 is 1.90. The molecule has 0 saturated heterocycles. The van der Waals surface area contributed by atoms with E-state index < -0.39 is 0 Å². The van der Waals surface area contributed by atoms with Gasteiger partial charge in [0.25, 0.3) is 0 Å². The largest absolute Gasteiger partial charge is 0.310 e. The fourth-order valence-corrected chi connectivity index (χ4v) is 9.63. The van der Waals surface area contributed by atoms with Crippen molar-refractivity contribution in [2.24, 2.45) is 0 Å². The Labute approximate surface area is 302 Å². The lowest BCUT2D eigenvalue weighted by Gasteiger charge is -2.30. The first-order valence-electron chi connectivity index (χ1n) is 17.7. The van der Waals surface area contributed by atoms with Crippen molar-refractivity contribution in [1.29, 1.82) is 0 Å². The van der Waals surface area contributed by atoms with Gasteiger partial charge >= 0.3 is 0 Å². The van der Waals surface area contributed by atoms with Crippen LogP contribution in [0.15, 0.2) is 176 Å². The minimum atomic E-state index is -0.0977. The SMILES string of the molecule is CC1(C)c2ccccc2-c2ccc(N(c3ccc4c(c3)sc3c5ccccc5c(-c5ccccc5)cc43)c3ccccc3-c3ccccc3)cc21. The lowest BCUT2D eigenvalue weighted by molar-refractivity contribution is 0.660. The van der Waals surface area contributed by atoms with E-state index in [2.05, 4.69) is 195 Å². The van der Waals surface area contributed by atoms with Crippen LogP contribution in [-0.2, 0) is 5.41 Å². The van der Waals surface area contributed by atoms with Crippen LogP contribution < -0.4 is 4.90 Å². The maximum atomic E-state index is 2.47. The first kappa shape index (κ1) is 29.9. The smallest absolute Gasteiger partial charge is 0.0540 e. The summed E-state index contributed by atoms with van der Waals surface area (Å²) in [6.45, 7) is 4.72. The van der Waals surface area contributed by atoms with Crippen LogP contribution in [0.4, 0.5) is 17.1 Å². The molecule has 1 aliphatic carbocycles. The average Bonchev–Trinajstić information content (AvgIpc) is 3.67. The van der Waals surface area contributed by atoms with Gasteiger partial charge in [0.2, 0.25) is 0 Å². The number of benzene rings is 8. The van der Waals surface area contributed by atoms with Crippen LogP contribution in [0.3, 0.4) is 0 Å². The monoisotopic (exact) mass is 669 g/mol. The molecule has 1 heterocycles. The molecule has 0 radical (unpaired) electrons. The van der Waals surface area contributed by atoms with Gasteiger partial charge in [-0.25, -0.2) is 0 Å². The molecule has 0 N–H and O–H groups in total. The van der Waals surface area contributed by atoms with E-state index in [0.717, 1.165) is 17.1 Å². The number of fused-ring (bicyclic) bond motifs is 8. The molecule has 51 heavy (non-hydrogen) atoms. The van der Waals surface area contributed by atoms with Crippen molar-refractivity contribution in [3.63, 3.8) is 0 Å². The first-order valence-corrected chi connectivity index (χ1v) is 18.5. The Bertz CT molecular complexity index is 2770. The Morgan fingerprint density at radius 1 is 0.412 bits per heavy atom. The van der Waals surface area contributed by atoms with Crippen LogP contribution in [-0.4, -0.2) is 0 Å². The summed E-state index contributed by atoms with van der Waals surface area (Å²) in [5, 5.41) is 5.21. The normalized spacial score (nSPS) is 13.1. The summed E-state index contributed by atoms with van der Waals surface area (Å²) in [6.07, 6.45) is 0. The van der Waals surface area contributed by atoms with E-state index in [1.165, 1.54) is 75.5 Å². The van der Waals surface area contributed by atoms with E-state index in [4.69, 9.17) is 0 Å². The quantitative estimate of drug-likeness (QED) is 0.176. The Morgan fingerprint density at radius 2 is 1.00 bits per heavy atom. The fourth-order valence-electron chi connectivity index (χ4n) is 8.37. The molecule has 0 bridgehead atoms. The van der Waals surface area contributed by atoms with E-state index in [9.17, 15) is 0 Å². The van der Waals surface area contributed by atoms with Crippen LogP contribution >= 0.6 is 11.3 Å². The zero-order valence-electron chi connectivity index (χ0n) is 28.6. The third kappa shape index (κ3) is 4.67. The molecule has 2 heteroatoms. The summed E-state index contributed by atoms with van der Waals surface area (Å²) in [4.78, 5) is 2.47. The van der Waals surface area contributed by atoms with Crippen molar-refractivity contribution >= 4 is 59.3 Å². The van der Waals surface area contributed by atoms with Gasteiger partial charge in [0.05, 0.1) is 5.69 Å². The molecule has 1 aromatic heterocycles. The number of nitrogens with zero attached hydrogens (tertiary/aromatic N) is 1. The Balaban J connectivity index is 1.21. The van der Waals surface area contributed by atoms with Crippen LogP contribution in [0.1, 0.15) is 25.0 Å². The standard InChI is InChI=1S/C49H35NS/c1-49(2)44-23-13-11-21-38(44)39-27-25-34(29-45(39)49)50(46-24-14-12-19-36(46)32-15-5-3-6-16-32)35-26-28-40-43-31-42(33-17-7-4-8-18-33)37-20-9-10-22-41(37)48(43)51-47(40)30-35/h3-31H,1-2H3. The van der Waals surface area contributed by atoms with Gasteiger partial charge in [0.1, 0.15) is 0 Å². The van der Waals surface area contributed by atoms with Crippen LogP contribution in [0.5, 0.6) is 0 Å². The predicted molar refractivity (Wildman–Crippen MR) is 220 cm³/mol. The molecule has 0 amide bonds. The number of hydrogen-bond acceptors (Lipinski definition) is 2. The van der Waals surface area contributed by atoms with Crippen molar-refractivity contribution < 1.29 is 0 Å². The maximum Gasteiger partial charge on any atom is 0.0540 e. The minimum absolute atomic E-state index is 0.0977. The predicted octanol–water partition coefficient (Wildman–Crippen LogP) is 14.3. The van der Waals surface area contributed by atoms with Crippen molar-refractivity contribution in [2.45, 2.75) is 19.3 Å².